The highest BCUT2D eigenvalue weighted by Gasteiger charge is 2.49. The normalized spacial score (nSPS) is 20.4. The van der Waals surface area contributed by atoms with Crippen molar-refractivity contribution in [3.05, 3.63) is 65.0 Å². The largest absolute Gasteiger partial charge is 0.373 e. The number of carbonyl (C=O) groups is 1. The van der Waals surface area contributed by atoms with E-state index in [1.165, 1.54) is 5.56 Å². The van der Waals surface area contributed by atoms with Gasteiger partial charge in [-0.15, -0.1) is 0 Å². The molecule has 144 valence electrons. The Kier molecular flexibility index (Phi) is 5.12. The second-order valence-electron chi connectivity index (χ2n) is 7.61. The van der Waals surface area contributed by atoms with Crippen LogP contribution in [0.15, 0.2) is 42.7 Å². The van der Waals surface area contributed by atoms with E-state index in [1.54, 1.807) is 35.4 Å². The van der Waals surface area contributed by atoms with Crippen LogP contribution in [-0.4, -0.2) is 47.2 Å². The highest BCUT2D eigenvalue weighted by molar-refractivity contribution is 5.95. The van der Waals surface area contributed by atoms with E-state index in [9.17, 15) is 4.79 Å². The van der Waals surface area contributed by atoms with Crippen LogP contribution in [0.2, 0.25) is 0 Å². The summed E-state index contributed by atoms with van der Waals surface area (Å²) in [6.45, 7) is 4.37. The summed E-state index contributed by atoms with van der Waals surface area (Å²) in [5.74, 6) is -0.0552. The van der Waals surface area contributed by atoms with Crippen molar-refractivity contribution >= 4 is 5.91 Å². The number of amides is 1. The number of hydrogen-bond acceptors (Lipinski definition) is 5. The van der Waals surface area contributed by atoms with E-state index in [0.717, 1.165) is 18.4 Å². The molecule has 2 saturated heterocycles. The number of benzene rings is 1. The predicted octanol–water partition coefficient (Wildman–Crippen LogP) is 2.85. The summed E-state index contributed by atoms with van der Waals surface area (Å²) < 4.78 is 12.2. The number of nitrogens with zero attached hydrogens (tertiary/aromatic N) is 3. The summed E-state index contributed by atoms with van der Waals surface area (Å²) in [7, 11) is 0. The van der Waals surface area contributed by atoms with Gasteiger partial charge in [-0.05, 0) is 48.7 Å². The van der Waals surface area contributed by atoms with E-state index in [1.807, 2.05) is 12.3 Å². The van der Waals surface area contributed by atoms with E-state index < -0.39 is 0 Å². The van der Waals surface area contributed by atoms with E-state index >= 15 is 0 Å². The Balaban J connectivity index is 1.33. The van der Waals surface area contributed by atoms with Crippen molar-refractivity contribution in [2.24, 2.45) is 0 Å². The maximum absolute atomic E-state index is 12.7. The van der Waals surface area contributed by atoms with Crippen molar-refractivity contribution in [3.63, 3.8) is 0 Å². The summed E-state index contributed by atoms with van der Waals surface area (Å²) in [4.78, 5) is 18.6. The number of aromatic nitrogens is 1. The first-order valence-electron chi connectivity index (χ1n) is 9.53. The Morgan fingerprint density at radius 2 is 2.29 bits per heavy atom. The van der Waals surface area contributed by atoms with Gasteiger partial charge in [-0.3, -0.25) is 9.78 Å². The molecule has 0 unspecified atom stereocenters. The standard InChI is InChI=1S/C22H23N3O3/c1-16-5-7-24-12-19(16)13-27-20-6-8-28-22(10-20)14-25(15-22)21(26)18-4-2-3-17(9-18)11-23/h2-5,7,9,12,20H,6,8,10,13-15H2,1H3/t20-/m0/s1. The third kappa shape index (κ3) is 3.77. The van der Waals surface area contributed by atoms with Crippen molar-refractivity contribution in [1.82, 2.24) is 9.88 Å². The van der Waals surface area contributed by atoms with Crippen LogP contribution in [0.1, 0.15) is 39.9 Å². The number of likely N-dealkylation sites (tertiary alicyclic amines) is 1. The molecule has 28 heavy (non-hydrogen) atoms. The molecule has 0 aliphatic carbocycles. The second kappa shape index (κ2) is 7.70. The topological polar surface area (TPSA) is 75.5 Å². The second-order valence-corrected chi connectivity index (χ2v) is 7.61. The van der Waals surface area contributed by atoms with Crippen LogP contribution < -0.4 is 0 Å². The summed E-state index contributed by atoms with van der Waals surface area (Å²) in [5, 5.41) is 9.02. The smallest absolute Gasteiger partial charge is 0.254 e. The fourth-order valence-corrected chi connectivity index (χ4v) is 3.90. The van der Waals surface area contributed by atoms with Gasteiger partial charge in [0.1, 0.15) is 5.60 Å². The summed E-state index contributed by atoms with van der Waals surface area (Å²) in [6, 6.07) is 10.9. The molecule has 2 aliphatic heterocycles. The molecule has 1 aromatic carbocycles. The number of ether oxygens (including phenoxy) is 2. The van der Waals surface area contributed by atoms with Gasteiger partial charge in [0.25, 0.3) is 5.91 Å². The molecule has 1 amide bonds. The zero-order chi connectivity index (χ0) is 19.6. The number of nitriles is 1. The third-order valence-corrected chi connectivity index (χ3v) is 5.55. The monoisotopic (exact) mass is 377 g/mol. The molecule has 1 aromatic heterocycles. The quantitative estimate of drug-likeness (QED) is 0.819. The first kappa shape index (κ1) is 18.6. The van der Waals surface area contributed by atoms with E-state index in [-0.39, 0.29) is 17.6 Å². The highest BCUT2D eigenvalue weighted by Crippen LogP contribution is 2.36. The van der Waals surface area contributed by atoms with E-state index in [0.29, 0.717) is 37.4 Å². The Labute approximate surface area is 164 Å². The first-order valence-corrected chi connectivity index (χ1v) is 9.53. The molecule has 6 nitrogen and oxygen atoms in total. The molecule has 1 spiro atoms. The van der Waals surface area contributed by atoms with Gasteiger partial charge in [-0.2, -0.15) is 5.26 Å². The summed E-state index contributed by atoms with van der Waals surface area (Å²) in [5.41, 5.74) is 3.01. The van der Waals surface area contributed by atoms with Crippen molar-refractivity contribution in [2.45, 2.75) is 38.1 Å². The predicted molar refractivity (Wildman–Crippen MR) is 103 cm³/mol. The average molecular weight is 377 g/mol. The molecule has 0 saturated carbocycles. The van der Waals surface area contributed by atoms with Crippen LogP contribution in [0.3, 0.4) is 0 Å². The van der Waals surface area contributed by atoms with Crippen molar-refractivity contribution in [1.29, 1.82) is 5.26 Å². The minimum Gasteiger partial charge on any atom is -0.373 e. The van der Waals surface area contributed by atoms with Gasteiger partial charge in [-0.1, -0.05) is 6.07 Å². The molecule has 2 fully saturated rings. The minimum atomic E-state index is -0.310. The maximum atomic E-state index is 12.7. The molecule has 0 radical (unpaired) electrons. The molecule has 0 bridgehead atoms. The third-order valence-electron chi connectivity index (χ3n) is 5.55. The molecular weight excluding hydrogens is 354 g/mol. The molecule has 1 atom stereocenters. The molecular formula is C22H23N3O3. The number of aryl methyl sites for hydroxylation is 1. The zero-order valence-electron chi connectivity index (χ0n) is 15.9. The fraction of sp³-hybridized carbons (Fsp3) is 0.409. The van der Waals surface area contributed by atoms with Crippen LogP contribution in [-0.2, 0) is 16.1 Å². The van der Waals surface area contributed by atoms with Crippen LogP contribution in [0.5, 0.6) is 0 Å². The van der Waals surface area contributed by atoms with Crippen LogP contribution >= 0.6 is 0 Å². The van der Waals surface area contributed by atoms with Gasteiger partial charge in [0.2, 0.25) is 0 Å². The van der Waals surface area contributed by atoms with Crippen LogP contribution in [0.4, 0.5) is 0 Å². The lowest BCUT2D eigenvalue weighted by Gasteiger charge is -2.53. The molecule has 4 rings (SSSR count). The van der Waals surface area contributed by atoms with Crippen LogP contribution in [0, 0.1) is 18.3 Å². The average Bonchev–Trinajstić information content (AvgIpc) is 2.71. The van der Waals surface area contributed by atoms with Gasteiger partial charge in [0.15, 0.2) is 0 Å². The van der Waals surface area contributed by atoms with E-state index in [2.05, 4.69) is 18.0 Å². The molecule has 2 aromatic rings. The SMILES string of the molecule is Cc1ccncc1CO[C@H]1CCOC2(C1)CN(C(=O)c1cccc(C#N)c1)C2. The summed E-state index contributed by atoms with van der Waals surface area (Å²) >= 11 is 0. The zero-order valence-corrected chi connectivity index (χ0v) is 15.9. The minimum absolute atomic E-state index is 0.0552. The van der Waals surface area contributed by atoms with Gasteiger partial charge >= 0.3 is 0 Å². The highest BCUT2D eigenvalue weighted by atomic mass is 16.5. The molecule has 3 heterocycles. The summed E-state index contributed by atoms with van der Waals surface area (Å²) in [6.07, 6.45) is 5.40. The Hall–Kier alpha value is -2.75. The van der Waals surface area contributed by atoms with Gasteiger partial charge in [0.05, 0.1) is 37.4 Å². The maximum Gasteiger partial charge on any atom is 0.254 e. The number of rotatable bonds is 4. The number of pyridine rings is 1. The molecule has 0 N–H and O–H groups in total. The fourth-order valence-electron chi connectivity index (χ4n) is 3.90. The first-order chi connectivity index (χ1) is 13.6. The van der Waals surface area contributed by atoms with Gasteiger partial charge < -0.3 is 14.4 Å². The Morgan fingerprint density at radius 3 is 3.07 bits per heavy atom. The lowest BCUT2D eigenvalue weighted by atomic mass is 9.84. The Morgan fingerprint density at radius 1 is 1.43 bits per heavy atom. The van der Waals surface area contributed by atoms with Crippen LogP contribution in [0.25, 0.3) is 0 Å². The van der Waals surface area contributed by atoms with Crippen molar-refractivity contribution in [3.8, 4) is 6.07 Å². The molecule has 2 aliphatic rings. The van der Waals surface area contributed by atoms with Gasteiger partial charge in [0, 0.05) is 31.0 Å². The lowest BCUT2D eigenvalue weighted by Crippen LogP contribution is -2.67. The van der Waals surface area contributed by atoms with Crippen molar-refractivity contribution in [2.75, 3.05) is 19.7 Å². The van der Waals surface area contributed by atoms with Gasteiger partial charge in [-0.25, -0.2) is 0 Å². The number of hydrogen-bond donors (Lipinski definition) is 0. The lowest BCUT2D eigenvalue weighted by molar-refractivity contribution is -0.188. The van der Waals surface area contributed by atoms with E-state index in [4.69, 9.17) is 14.7 Å². The number of carbonyl (C=O) groups excluding carboxylic acids is 1. The molecule has 6 heteroatoms. The van der Waals surface area contributed by atoms with Crippen molar-refractivity contribution < 1.29 is 14.3 Å². The Bertz CT molecular complexity index is 915.